The summed E-state index contributed by atoms with van der Waals surface area (Å²) in [6.45, 7) is 14.3. The predicted octanol–water partition coefficient (Wildman–Crippen LogP) is 7.95. The number of ether oxygens (including phenoxy) is 1. The summed E-state index contributed by atoms with van der Waals surface area (Å²) in [7, 11) is 1.61. The van der Waals surface area contributed by atoms with Gasteiger partial charge in [0.25, 0.3) is 5.91 Å². The highest BCUT2D eigenvalue weighted by molar-refractivity contribution is 7.09. The summed E-state index contributed by atoms with van der Waals surface area (Å²) in [4.78, 5) is 72.1. The number of fused-ring (bicyclic) bond motifs is 6. The lowest BCUT2D eigenvalue weighted by molar-refractivity contribution is -0.155. The summed E-state index contributed by atoms with van der Waals surface area (Å²) in [6.07, 6.45) is 7.43. The Balaban J connectivity index is 1.20. The molecule has 6 bridgehead atoms. The average Bonchev–Trinajstić information content (AvgIpc) is 3.95. The van der Waals surface area contributed by atoms with Gasteiger partial charge in [-0.05, 0) is 96.0 Å². The molecule has 66 heavy (non-hydrogen) atoms. The molecule has 3 atom stereocenters. The number of nitrogens with one attached hydrogen (secondary N) is 2. The van der Waals surface area contributed by atoms with Crippen LogP contribution in [0.3, 0.4) is 0 Å². The second-order valence-corrected chi connectivity index (χ2v) is 19.6. The molecular weight excluding hydrogens is 849 g/mol. The molecule has 3 amide bonds. The van der Waals surface area contributed by atoms with E-state index in [1.54, 1.807) is 18.4 Å². The topological polar surface area (TPSA) is 151 Å². The zero-order chi connectivity index (χ0) is 47.0. The van der Waals surface area contributed by atoms with Gasteiger partial charge in [-0.2, -0.15) is 0 Å². The summed E-state index contributed by atoms with van der Waals surface area (Å²) in [5.74, 6) is -1.78. The van der Waals surface area contributed by atoms with Crippen LogP contribution in [0.25, 0.3) is 33.3 Å². The van der Waals surface area contributed by atoms with Crippen molar-refractivity contribution in [2.24, 2.45) is 21.3 Å². The molecule has 5 heterocycles. The number of cyclic esters (lactones) is 1. The van der Waals surface area contributed by atoms with Gasteiger partial charge in [0.2, 0.25) is 11.8 Å². The Labute approximate surface area is 392 Å². The van der Waals surface area contributed by atoms with Gasteiger partial charge in [-0.1, -0.05) is 71.0 Å². The molecule has 0 unspecified atom stereocenters. The molecule has 2 aliphatic rings. The lowest BCUT2D eigenvalue weighted by Gasteiger charge is -2.36. The van der Waals surface area contributed by atoms with Crippen LogP contribution in [0.1, 0.15) is 82.4 Å². The van der Waals surface area contributed by atoms with E-state index < -0.39 is 35.4 Å². The lowest BCUT2D eigenvalue weighted by atomic mass is 9.84. The molecule has 2 aliphatic heterocycles. The van der Waals surface area contributed by atoms with Crippen LogP contribution in [0.5, 0.6) is 0 Å². The molecule has 7 rings (SSSR count). The van der Waals surface area contributed by atoms with Gasteiger partial charge < -0.3 is 19.5 Å². The first-order chi connectivity index (χ1) is 31.8. The summed E-state index contributed by atoms with van der Waals surface area (Å²) >= 11 is 1.68. The molecule has 5 aromatic rings. The van der Waals surface area contributed by atoms with Crippen molar-refractivity contribution in [1.82, 2.24) is 30.2 Å². The Kier molecular flexibility index (Phi) is 15.7. The van der Waals surface area contributed by atoms with Crippen molar-refractivity contribution in [2.75, 3.05) is 33.3 Å². The lowest BCUT2D eigenvalue weighted by Crippen LogP contribution is -2.62. The Hall–Kier alpha value is -5.95. The molecular formula is C52H64N8O5S. The molecule has 3 aromatic heterocycles. The molecule has 0 spiro atoms. The van der Waals surface area contributed by atoms with E-state index in [9.17, 15) is 19.2 Å². The van der Waals surface area contributed by atoms with Gasteiger partial charge in [0.15, 0.2) is 0 Å². The number of amides is 3. The fourth-order valence-corrected chi connectivity index (χ4v) is 10.0. The zero-order valence-electron chi connectivity index (χ0n) is 39.4. The summed E-state index contributed by atoms with van der Waals surface area (Å²) < 4.78 is 8.49. The molecule has 2 N–H and O–H groups in total. The van der Waals surface area contributed by atoms with Crippen molar-refractivity contribution in [3.05, 3.63) is 100 Å². The maximum atomic E-state index is 14.7. The Morgan fingerprint density at radius 1 is 1.06 bits per heavy atom. The molecule has 0 aliphatic carbocycles. The second kappa shape index (κ2) is 21.6. The number of rotatable bonds is 13. The Morgan fingerprint density at radius 2 is 1.86 bits per heavy atom. The number of esters is 1. The number of benzene rings is 2. The fraction of sp³-hybridized carbons (Fsp3) is 0.462. The summed E-state index contributed by atoms with van der Waals surface area (Å²) in [6, 6.07) is 20.9. The minimum Gasteiger partial charge on any atom is -0.464 e. The molecule has 1 fully saturated rings. The number of carbonyl (C=O) groups is 4. The number of hydrogen-bond acceptors (Lipinski definition) is 10. The monoisotopic (exact) mass is 912 g/mol. The SMILES string of the molecule is CCc1ccncc1-c1c2c3cc(ccc3n1CC)-c1cccc(c1)C[C@H](NC(=O)[C@H](C(C)C)N(C)C(=O)CCN=C=NCCc1cccs1)C(=O)N1CCC[C@H](N1)C(=O)OCC(C)(C)C2. The van der Waals surface area contributed by atoms with Gasteiger partial charge in [0, 0.05) is 78.6 Å². The molecule has 14 heteroatoms. The van der Waals surface area contributed by atoms with Crippen molar-refractivity contribution in [3.63, 3.8) is 0 Å². The molecule has 1 saturated heterocycles. The maximum Gasteiger partial charge on any atom is 0.324 e. The quantitative estimate of drug-likeness (QED) is 0.0900. The van der Waals surface area contributed by atoms with E-state index in [1.165, 1.54) is 25.9 Å². The second-order valence-electron chi connectivity index (χ2n) is 18.6. The molecule has 0 radical (unpaired) electrons. The smallest absolute Gasteiger partial charge is 0.324 e. The van der Waals surface area contributed by atoms with Gasteiger partial charge in [0.05, 0.1) is 31.4 Å². The van der Waals surface area contributed by atoms with Crippen molar-refractivity contribution in [3.8, 4) is 22.4 Å². The Morgan fingerprint density at radius 3 is 2.62 bits per heavy atom. The number of thiophene rings is 1. The van der Waals surface area contributed by atoms with Crippen LogP contribution in [0.4, 0.5) is 0 Å². The van der Waals surface area contributed by atoms with E-state index in [-0.39, 0.29) is 43.7 Å². The van der Waals surface area contributed by atoms with E-state index in [2.05, 4.69) is 106 Å². The van der Waals surface area contributed by atoms with Crippen LogP contribution in [0.2, 0.25) is 0 Å². The number of aliphatic imine (C=N–C) groups is 2. The van der Waals surface area contributed by atoms with E-state index in [1.807, 2.05) is 49.8 Å². The van der Waals surface area contributed by atoms with Crippen LogP contribution in [0.15, 0.2) is 88.4 Å². The van der Waals surface area contributed by atoms with Crippen molar-refractivity contribution in [1.29, 1.82) is 0 Å². The van der Waals surface area contributed by atoms with Gasteiger partial charge in [-0.25, -0.2) is 15.4 Å². The van der Waals surface area contributed by atoms with Gasteiger partial charge >= 0.3 is 5.97 Å². The molecule has 13 nitrogen and oxygen atoms in total. The van der Waals surface area contributed by atoms with Crippen LogP contribution in [-0.4, -0.2) is 101 Å². The number of pyridine rings is 1. The van der Waals surface area contributed by atoms with Gasteiger partial charge in [0.1, 0.15) is 18.1 Å². The van der Waals surface area contributed by atoms with Gasteiger partial charge in [-0.3, -0.25) is 29.2 Å². The molecule has 2 aromatic carbocycles. The van der Waals surface area contributed by atoms with E-state index in [0.717, 1.165) is 58.2 Å². The van der Waals surface area contributed by atoms with Crippen molar-refractivity contribution >= 4 is 51.9 Å². The number of aromatic nitrogens is 2. The number of hydrazine groups is 1. The summed E-state index contributed by atoms with van der Waals surface area (Å²) in [5.41, 5.74) is 11.3. The van der Waals surface area contributed by atoms with Crippen molar-refractivity contribution in [2.45, 2.75) is 111 Å². The number of carbonyl (C=O) groups excluding carboxylic acids is 4. The average molecular weight is 913 g/mol. The zero-order valence-corrected chi connectivity index (χ0v) is 40.2. The molecule has 0 saturated carbocycles. The highest BCUT2D eigenvalue weighted by Crippen LogP contribution is 2.41. The third-order valence-corrected chi connectivity index (χ3v) is 13.6. The minimum absolute atomic E-state index is 0.0724. The Bertz CT molecular complexity index is 2590. The first kappa shape index (κ1) is 48.0. The minimum atomic E-state index is -1.02. The third kappa shape index (κ3) is 11.2. The highest BCUT2D eigenvalue weighted by Gasteiger charge is 2.37. The first-order valence-electron chi connectivity index (χ1n) is 23.4. The highest BCUT2D eigenvalue weighted by atomic mass is 32.1. The predicted molar refractivity (Wildman–Crippen MR) is 261 cm³/mol. The van der Waals surface area contributed by atoms with Crippen LogP contribution >= 0.6 is 11.3 Å². The maximum absolute atomic E-state index is 14.7. The van der Waals surface area contributed by atoms with Crippen LogP contribution < -0.4 is 10.7 Å². The first-order valence-corrected chi connectivity index (χ1v) is 24.2. The molecule has 348 valence electrons. The van der Waals surface area contributed by atoms with Gasteiger partial charge in [-0.15, -0.1) is 11.3 Å². The number of hydrogen-bond donors (Lipinski definition) is 2. The number of likely N-dealkylation sites (N-methyl/N-ethyl adjacent to an activating group) is 1. The third-order valence-electron chi connectivity index (χ3n) is 12.7. The van der Waals surface area contributed by atoms with Crippen LogP contribution in [-0.2, 0) is 56.1 Å². The fourth-order valence-electron chi connectivity index (χ4n) is 9.31. The summed E-state index contributed by atoms with van der Waals surface area (Å²) in [5, 5.41) is 7.67. The van der Waals surface area contributed by atoms with Crippen molar-refractivity contribution < 1.29 is 23.9 Å². The largest absolute Gasteiger partial charge is 0.464 e. The van der Waals surface area contributed by atoms with Crippen LogP contribution in [0, 0.1) is 11.3 Å². The van der Waals surface area contributed by atoms with E-state index >= 15 is 0 Å². The van der Waals surface area contributed by atoms with E-state index in [4.69, 9.17) is 4.74 Å². The normalized spacial score (nSPS) is 18.0. The van der Waals surface area contributed by atoms with E-state index in [0.29, 0.717) is 32.4 Å². The number of nitrogens with zero attached hydrogens (tertiary/aromatic N) is 6. The number of aryl methyl sites for hydroxylation is 2. The standard InChI is InChI=1S/C52H64N8O5S/c1-8-36-19-22-53-31-42(36)48-41-30-52(5,6)32-65-51(64)43-16-11-25-60(57-43)50(63)44(28-35-13-10-14-37(27-35)38-17-18-45(40(41)29-38)59(48)9-2)56-49(62)47(34(3)4)58(7)46(61)21-24-55-33-54-23-20-39-15-12-26-66-39/h10,12-15,17-19,22,26-27,29,31,34,43-44,47,57H,8-9,11,16,20-21,23-25,28,30,32H2,1-7H3,(H,56,62)/t43-,44-,47-/m0/s1.